The number of pyridine rings is 1. The highest BCUT2D eigenvalue weighted by Crippen LogP contribution is 2.19. The number of rotatable bonds is 4. The summed E-state index contributed by atoms with van der Waals surface area (Å²) in [7, 11) is 0. The van der Waals surface area contributed by atoms with Crippen LogP contribution >= 0.6 is 0 Å². The Morgan fingerprint density at radius 3 is 2.26 bits per heavy atom. The van der Waals surface area contributed by atoms with E-state index in [-0.39, 0.29) is 5.56 Å². The summed E-state index contributed by atoms with van der Waals surface area (Å²) in [5.41, 5.74) is 0.676. The summed E-state index contributed by atoms with van der Waals surface area (Å²) >= 11 is 0. The van der Waals surface area contributed by atoms with Crippen LogP contribution in [-0.2, 0) is 9.53 Å². The molecule has 1 atom stereocenters. The number of carboxylic acid groups (broad SMARTS) is 1. The molecule has 1 aromatic heterocycles. The van der Waals surface area contributed by atoms with E-state index in [1.807, 2.05) is 0 Å². The van der Waals surface area contributed by atoms with E-state index >= 15 is 0 Å². The van der Waals surface area contributed by atoms with Crippen molar-refractivity contribution in [2.45, 2.75) is 6.10 Å². The minimum Gasteiger partial charge on any atom is -0.478 e. The Hall–Kier alpha value is -2.69. The zero-order valence-electron chi connectivity index (χ0n) is 9.89. The lowest BCUT2D eigenvalue weighted by Gasteiger charge is -2.13. The standard InChI is InChI=1S/C14H11NO4/c16-13(17)12(10-4-2-1-3-5-10)19-14(18)11-6-8-15-9-7-11/h1-9,12H,(H,16,17). The molecule has 19 heavy (non-hydrogen) atoms. The van der Waals surface area contributed by atoms with Gasteiger partial charge in [0.25, 0.3) is 0 Å². The van der Waals surface area contributed by atoms with E-state index < -0.39 is 18.0 Å². The van der Waals surface area contributed by atoms with Crippen LogP contribution < -0.4 is 0 Å². The number of carboxylic acids is 1. The van der Waals surface area contributed by atoms with E-state index in [9.17, 15) is 9.59 Å². The highest BCUT2D eigenvalue weighted by Gasteiger charge is 2.24. The van der Waals surface area contributed by atoms with Crippen molar-refractivity contribution in [1.82, 2.24) is 4.98 Å². The number of aromatic nitrogens is 1. The lowest BCUT2D eigenvalue weighted by Crippen LogP contribution is -2.19. The van der Waals surface area contributed by atoms with Gasteiger partial charge in [-0.1, -0.05) is 30.3 Å². The van der Waals surface area contributed by atoms with Gasteiger partial charge < -0.3 is 9.84 Å². The summed E-state index contributed by atoms with van der Waals surface area (Å²) in [5, 5.41) is 9.13. The first kappa shape index (κ1) is 12.8. The second-order valence-corrected chi connectivity index (χ2v) is 3.77. The number of carbonyl (C=O) groups is 2. The number of hydrogen-bond donors (Lipinski definition) is 1. The molecule has 0 saturated carbocycles. The zero-order valence-corrected chi connectivity index (χ0v) is 9.89. The van der Waals surface area contributed by atoms with Crippen molar-refractivity contribution in [1.29, 1.82) is 0 Å². The van der Waals surface area contributed by atoms with Crippen LogP contribution in [0.5, 0.6) is 0 Å². The largest absolute Gasteiger partial charge is 0.478 e. The van der Waals surface area contributed by atoms with Crippen LogP contribution in [0.2, 0.25) is 0 Å². The summed E-state index contributed by atoms with van der Waals surface area (Å²) in [6.07, 6.45) is 1.56. The molecule has 0 aliphatic carbocycles. The second-order valence-electron chi connectivity index (χ2n) is 3.77. The molecule has 0 bridgehead atoms. The predicted molar refractivity (Wildman–Crippen MR) is 66.5 cm³/mol. The molecule has 0 amide bonds. The van der Waals surface area contributed by atoms with Gasteiger partial charge in [-0.25, -0.2) is 9.59 Å². The molecule has 2 rings (SSSR count). The number of benzene rings is 1. The molecule has 1 aromatic carbocycles. The summed E-state index contributed by atoms with van der Waals surface area (Å²) in [4.78, 5) is 26.8. The van der Waals surface area contributed by atoms with Gasteiger partial charge in [0.2, 0.25) is 6.10 Å². The third-order valence-electron chi connectivity index (χ3n) is 2.47. The Morgan fingerprint density at radius 2 is 1.68 bits per heavy atom. The third kappa shape index (κ3) is 3.16. The smallest absolute Gasteiger partial charge is 0.349 e. The fourth-order valence-corrected chi connectivity index (χ4v) is 1.55. The Bertz CT molecular complexity index is 569. The van der Waals surface area contributed by atoms with Crippen molar-refractivity contribution in [2.75, 3.05) is 0 Å². The fraction of sp³-hybridized carbons (Fsp3) is 0.0714. The minimum absolute atomic E-state index is 0.261. The third-order valence-corrected chi connectivity index (χ3v) is 2.47. The van der Waals surface area contributed by atoms with E-state index in [0.717, 1.165) is 0 Å². The molecule has 0 fully saturated rings. The monoisotopic (exact) mass is 257 g/mol. The lowest BCUT2D eigenvalue weighted by atomic mass is 10.1. The molecule has 1 unspecified atom stereocenters. The molecule has 0 spiro atoms. The second kappa shape index (κ2) is 5.77. The zero-order chi connectivity index (χ0) is 13.7. The van der Waals surface area contributed by atoms with Crippen molar-refractivity contribution >= 4 is 11.9 Å². The Balaban J connectivity index is 2.19. The summed E-state index contributed by atoms with van der Waals surface area (Å²) < 4.78 is 5.02. The van der Waals surface area contributed by atoms with E-state index in [2.05, 4.69) is 4.98 Å². The van der Waals surface area contributed by atoms with Crippen molar-refractivity contribution in [3.63, 3.8) is 0 Å². The summed E-state index contributed by atoms with van der Waals surface area (Å²) in [6, 6.07) is 11.2. The molecule has 2 aromatic rings. The van der Waals surface area contributed by atoms with Crippen LogP contribution in [0.15, 0.2) is 54.9 Å². The van der Waals surface area contributed by atoms with E-state index in [0.29, 0.717) is 5.56 Å². The number of nitrogens with zero attached hydrogens (tertiary/aromatic N) is 1. The highest BCUT2D eigenvalue weighted by molar-refractivity contribution is 5.91. The summed E-state index contributed by atoms with van der Waals surface area (Å²) in [6.45, 7) is 0. The quantitative estimate of drug-likeness (QED) is 0.848. The number of hydrogen-bond acceptors (Lipinski definition) is 4. The Morgan fingerprint density at radius 1 is 1.05 bits per heavy atom. The maximum absolute atomic E-state index is 11.8. The normalized spacial score (nSPS) is 11.6. The van der Waals surface area contributed by atoms with Crippen LogP contribution in [0, 0.1) is 0 Å². The first-order valence-corrected chi connectivity index (χ1v) is 5.57. The molecular formula is C14H11NO4. The van der Waals surface area contributed by atoms with Gasteiger partial charge in [0, 0.05) is 18.0 Å². The molecule has 0 radical (unpaired) electrons. The van der Waals surface area contributed by atoms with Gasteiger partial charge >= 0.3 is 11.9 Å². The first-order valence-electron chi connectivity index (χ1n) is 5.57. The maximum Gasteiger partial charge on any atom is 0.349 e. The van der Waals surface area contributed by atoms with Gasteiger partial charge in [-0.05, 0) is 12.1 Å². The predicted octanol–water partition coefficient (Wildman–Crippen LogP) is 2.06. The topological polar surface area (TPSA) is 76.5 Å². The summed E-state index contributed by atoms with van der Waals surface area (Å²) in [5.74, 6) is -1.91. The van der Waals surface area contributed by atoms with Gasteiger partial charge in [0.05, 0.1) is 5.56 Å². The highest BCUT2D eigenvalue weighted by atomic mass is 16.6. The SMILES string of the molecule is O=C(OC(C(=O)O)c1ccccc1)c1ccncc1. The van der Waals surface area contributed by atoms with Crippen molar-refractivity contribution in [3.8, 4) is 0 Å². The van der Waals surface area contributed by atoms with Gasteiger partial charge in [0.15, 0.2) is 0 Å². The van der Waals surface area contributed by atoms with Gasteiger partial charge in [-0.2, -0.15) is 0 Å². The van der Waals surface area contributed by atoms with Crippen LogP contribution in [-0.4, -0.2) is 22.0 Å². The Labute approximate surface area is 109 Å². The van der Waals surface area contributed by atoms with Crippen LogP contribution in [0.3, 0.4) is 0 Å². The number of esters is 1. The fourth-order valence-electron chi connectivity index (χ4n) is 1.55. The molecule has 0 saturated heterocycles. The number of ether oxygens (including phenoxy) is 1. The average molecular weight is 257 g/mol. The first-order chi connectivity index (χ1) is 9.18. The van der Waals surface area contributed by atoms with Gasteiger partial charge in [0.1, 0.15) is 0 Å². The van der Waals surface area contributed by atoms with Crippen molar-refractivity contribution in [3.05, 3.63) is 66.0 Å². The Kier molecular flexibility index (Phi) is 3.87. The van der Waals surface area contributed by atoms with E-state index in [1.54, 1.807) is 30.3 Å². The maximum atomic E-state index is 11.8. The van der Waals surface area contributed by atoms with E-state index in [1.165, 1.54) is 24.5 Å². The van der Waals surface area contributed by atoms with Crippen LogP contribution in [0.1, 0.15) is 22.0 Å². The van der Waals surface area contributed by atoms with Gasteiger partial charge in [-0.15, -0.1) is 0 Å². The average Bonchev–Trinajstić information content (AvgIpc) is 2.46. The minimum atomic E-state index is -1.32. The van der Waals surface area contributed by atoms with Crippen molar-refractivity contribution < 1.29 is 19.4 Å². The molecule has 1 N–H and O–H groups in total. The molecule has 5 nitrogen and oxygen atoms in total. The molecule has 0 aliphatic rings. The molecule has 96 valence electrons. The molecular weight excluding hydrogens is 246 g/mol. The van der Waals surface area contributed by atoms with Crippen molar-refractivity contribution in [2.24, 2.45) is 0 Å². The molecule has 5 heteroatoms. The lowest BCUT2D eigenvalue weighted by molar-refractivity contribution is -0.147. The van der Waals surface area contributed by atoms with Crippen LogP contribution in [0.25, 0.3) is 0 Å². The van der Waals surface area contributed by atoms with Crippen LogP contribution in [0.4, 0.5) is 0 Å². The molecule has 0 aliphatic heterocycles. The number of aliphatic carboxylic acids is 1. The van der Waals surface area contributed by atoms with E-state index in [4.69, 9.17) is 9.84 Å². The van der Waals surface area contributed by atoms with Gasteiger partial charge in [-0.3, -0.25) is 4.98 Å². The number of carbonyl (C=O) groups excluding carboxylic acids is 1. The molecule has 1 heterocycles.